The standard InChI is InChI=1S/C11H21NO/c1-3-4-5-6-7-8-9-12(2)10-11-13/h3-6,13H,7-11H2,1-2H3. The highest BCUT2D eigenvalue weighted by Gasteiger charge is 1.93. The summed E-state index contributed by atoms with van der Waals surface area (Å²) in [4.78, 5) is 2.14. The van der Waals surface area contributed by atoms with Gasteiger partial charge in [0.25, 0.3) is 0 Å². The predicted molar refractivity (Wildman–Crippen MR) is 57.8 cm³/mol. The van der Waals surface area contributed by atoms with Crippen molar-refractivity contribution in [2.45, 2.75) is 19.8 Å². The van der Waals surface area contributed by atoms with E-state index in [9.17, 15) is 0 Å². The van der Waals surface area contributed by atoms with Crippen molar-refractivity contribution < 1.29 is 5.11 Å². The molecule has 0 amide bonds. The molecular formula is C11H21NO. The van der Waals surface area contributed by atoms with Crippen LogP contribution in [0.5, 0.6) is 0 Å². The normalized spacial score (nSPS) is 12.3. The van der Waals surface area contributed by atoms with Crippen molar-refractivity contribution in [1.29, 1.82) is 0 Å². The van der Waals surface area contributed by atoms with Gasteiger partial charge < -0.3 is 10.0 Å². The van der Waals surface area contributed by atoms with Crippen LogP contribution in [0.15, 0.2) is 24.3 Å². The smallest absolute Gasteiger partial charge is 0.0558 e. The molecule has 0 aliphatic heterocycles. The Morgan fingerprint density at radius 3 is 2.62 bits per heavy atom. The van der Waals surface area contributed by atoms with Gasteiger partial charge in [0.05, 0.1) is 6.61 Å². The molecule has 76 valence electrons. The summed E-state index contributed by atoms with van der Waals surface area (Å²) in [5.41, 5.74) is 0. The van der Waals surface area contributed by atoms with Crippen molar-refractivity contribution in [1.82, 2.24) is 4.90 Å². The molecule has 0 heterocycles. The Kier molecular flexibility index (Phi) is 9.05. The lowest BCUT2D eigenvalue weighted by Crippen LogP contribution is -2.22. The summed E-state index contributed by atoms with van der Waals surface area (Å²) in [6, 6.07) is 0. The first-order valence-corrected chi connectivity index (χ1v) is 4.88. The second-order valence-corrected chi connectivity index (χ2v) is 3.12. The van der Waals surface area contributed by atoms with Crippen molar-refractivity contribution in [3.05, 3.63) is 24.3 Å². The van der Waals surface area contributed by atoms with Crippen LogP contribution in [0.4, 0.5) is 0 Å². The van der Waals surface area contributed by atoms with Gasteiger partial charge in [0.15, 0.2) is 0 Å². The van der Waals surface area contributed by atoms with E-state index in [1.54, 1.807) is 0 Å². The van der Waals surface area contributed by atoms with Crippen molar-refractivity contribution >= 4 is 0 Å². The molecule has 0 aromatic carbocycles. The van der Waals surface area contributed by atoms with E-state index >= 15 is 0 Å². The average molecular weight is 183 g/mol. The molecule has 0 aliphatic rings. The number of allylic oxidation sites excluding steroid dienone is 4. The zero-order chi connectivity index (χ0) is 9.94. The maximum Gasteiger partial charge on any atom is 0.0558 e. The highest BCUT2D eigenvalue weighted by molar-refractivity contribution is 5.00. The zero-order valence-electron chi connectivity index (χ0n) is 8.74. The van der Waals surface area contributed by atoms with E-state index in [-0.39, 0.29) is 6.61 Å². The summed E-state index contributed by atoms with van der Waals surface area (Å²) in [7, 11) is 2.03. The second-order valence-electron chi connectivity index (χ2n) is 3.12. The molecule has 1 N–H and O–H groups in total. The van der Waals surface area contributed by atoms with E-state index in [1.807, 2.05) is 26.1 Å². The number of unbranched alkanes of at least 4 members (excludes halogenated alkanes) is 1. The molecular weight excluding hydrogens is 162 g/mol. The SMILES string of the molecule is CC=CC=CCCCN(C)CCO. The Balaban J connectivity index is 3.24. The fourth-order valence-electron chi connectivity index (χ4n) is 1.05. The molecule has 0 atom stereocenters. The summed E-state index contributed by atoms with van der Waals surface area (Å²) in [5.74, 6) is 0. The van der Waals surface area contributed by atoms with Crippen LogP contribution in [0.2, 0.25) is 0 Å². The van der Waals surface area contributed by atoms with Gasteiger partial charge in [0.2, 0.25) is 0 Å². The lowest BCUT2D eigenvalue weighted by Gasteiger charge is -2.13. The number of hydrogen-bond acceptors (Lipinski definition) is 2. The Bertz CT molecular complexity index is 152. The average Bonchev–Trinajstić information content (AvgIpc) is 2.11. The molecule has 0 aliphatic carbocycles. The first-order chi connectivity index (χ1) is 6.31. The Hall–Kier alpha value is -0.600. The fraction of sp³-hybridized carbons (Fsp3) is 0.636. The van der Waals surface area contributed by atoms with Crippen LogP contribution in [0.3, 0.4) is 0 Å². The fourth-order valence-corrected chi connectivity index (χ4v) is 1.05. The minimum atomic E-state index is 0.255. The van der Waals surface area contributed by atoms with Crippen LogP contribution in [-0.4, -0.2) is 36.8 Å². The number of likely N-dealkylation sites (N-methyl/N-ethyl adjacent to an activating group) is 1. The third-order valence-electron chi connectivity index (χ3n) is 1.83. The molecule has 0 spiro atoms. The molecule has 0 aromatic rings. The Labute approximate surface area is 81.6 Å². The molecule has 2 heteroatoms. The van der Waals surface area contributed by atoms with E-state index < -0.39 is 0 Å². The highest BCUT2D eigenvalue weighted by Crippen LogP contribution is 1.94. The molecule has 0 bridgehead atoms. The summed E-state index contributed by atoms with van der Waals surface area (Å²) < 4.78 is 0. The van der Waals surface area contributed by atoms with Crippen molar-refractivity contribution in [2.24, 2.45) is 0 Å². The van der Waals surface area contributed by atoms with Crippen LogP contribution in [0.25, 0.3) is 0 Å². The molecule has 0 radical (unpaired) electrons. The minimum absolute atomic E-state index is 0.255. The van der Waals surface area contributed by atoms with Gasteiger partial charge in [-0.05, 0) is 33.4 Å². The summed E-state index contributed by atoms with van der Waals surface area (Å²) in [6.07, 6.45) is 10.6. The summed E-state index contributed by atoms with van der Waals surface area (Å²) >= 11 is 0. The highest BCUT2D eigenvalue weighted by atomic mass is 16.3. The third-order valence-corrected chi connectivity index (χ3v) is 1.83. The molecule has 0 unspecified atom stereocenters. The predicted octanol–water partition coefficient (Wildman–Crippen LogP) is 1.82. The van der Waals surface area contributed by atoms with Crippen molar-refractivity contribution in [3.63, 3.8) is 0 Å². The maximum absolute atomic E-state index is 8.64. The summed E-state index contributed by atoms with van der Waals surface area (Å²) in [5, 5.41) is 8.64. The lowest BCUT2D eigenvalue weighted by atomic mass is 10.2. The van der Waals surface area contributed by atoms with Gasteiger partial charge in [-0.25, -0.2) is 0 Å². The number of nitrogens with zero attached hydrogens (tertiary/aromatic N) is 1. The Morgan fingerprint density at radius 1 is 1.23 bits per heavy atom. The molecule has 0 aromatic heterocycles. The third kappa shape index (κ3) is 9.31. The number of aliphatic hydroxyl groups is 1. The molecule has 0 saturated carbocycles. The van der Waals surface area contributed by atoms with Gasteiger partial charge in [-0.15, -0.1) is 0 Å². The number of rotatable bonds is 7. The van der Waals surface area contributed by atoms with E-state index in [4.69, 9.17) is 5.11 Å². The van der Waals surface area contributed by atoms with Crippen molar-refractivity contribution in [2.75, 3.05) is 26.7 Å². The van der Waals surface area contributed by atoms with Crippen LogP contribution < -0.4 is 0 Å². The largest absolute Gasteiger partial charge is 0.395 e. The van der Waals surface area contributed by atoms with Gasteiger partial charge in [-0.3, -0.25) is 0 Å². The first kappa shape index (κ1) is 12.4. The van der Waals surface area contributed by atoms with E-state index in [0.717, 1.165) is 25.9 Å². The van der Waals surface area contributed by atoms with Gasteiger partial charge in [0.1, 0.15) is 0 Å². The quantitative estimate of drug-likeness (QED) is 0.481. The molecule has 2 nitrogen and oxygen atoms in total. The second kappa shape index (κ2) is 9.49. The molecule has 0 rings (SSSR count). The van der Waals surface area contributed by atoms with Crippen LogP contribution in [0.1, 0.15) is 19.8 Å². The van der Waals surface area contributed by atoms with Gasteiger partial charge in [0, 0.05) is 6.54 Å². The minimum Gasteiger partial charge on any atom is -0.395 e. The molecule has 13 heavy (non-hydrogen) atoms. The zero-order valence-corrected chi connectivity index (χ0v) is 8.74. The van der Waals surface area contributed by atoms with Crippen LogP contribution >= 0.6 is 0 Å². The van der Waals surface area contributed by atoms with Crippen LogP contribution in [0, 0.1) is 0 Å². The van der Waals surface area contributed by atoms with Gasteiger partial charge in [-0.2, -0.15) is 0 Å². The monoisotopic (exact) mass is 183 g/mol. The maximum atomic E-state index is 8.64. The first-order valence-electron chi connectivity index (χ1n) is 4.88. The van der Waals surface area contributed by atoms with Gasteiger partial charge >= 0.3 is 0 Å². The Morgan fingerprint density at radius 2 is 2.00 bits per heavy atom. The lowest BCUT2D eigenvalue weighted by molar-refractivity contribution is 0.220. The summed E-state index contributed by atoms with van der Waals surface area (Å²) in [6.45, 7) is 4.10. The van der Waals surface area contributed by atoms with E-state index in [0.29, 0.717) is 0 Å². The number of aliphatic hydroxyl groups excluding tert-OH is 1. The van der Waals surface area contributed by atoms with Gasteiger partial charge in [-0.1, -0.05) is 24.3 Å². The van der Waals surface area contributed by atoms with Crippen LogP contribution in [-0.2, 0) is 0 Å². The van der Waals surface area contributed by atoms with E-state index in [2.05, 4.69) is 17.1 Å². The molecule has 0 saturated heterocycles. The molecule has 0 fully saturated rings. The van der Waals surface area contributed by atoms with Crippen molar-refractivity contribution in [3.8, 4) is 0 Å². The number of hydrogen-bond donors (Lipinski definition) is 1. The topological polar surface area (TPSA) is 23.5 Å². The van der Waals surface area contributed by atoms with E-state index in [1.165, 1.54) is 0 Å².